The molecule has 0 saturated heterocycles. The topological polar surface area (TPSA) is 37.3 Å². The minimum absolute atomic E-state index is 0.334. The van der Waals surface area contributed by atoms with E-state index in [0.717, 1.165) is 50.4 Å². The van der Waals surface area contributed by atoms with E-state index in [1.165, 1.54) is 38.5 Å². The molecule has 3 aliphatic carbocycles. The maximum absolute atomic E-state index is 12.1. The minimum Gasteiger partial charge on any atom is -0.396 e. The number of allylic oxidation sites excluding steroid dienone is 2. The van der Waals surface area contributed by atoms with Crippen molar-refractivity contribution in [2.45, 2.75) is 112 Å². The molecule has 2 saturated carbocycles. The number of Topliss-reactive ketones (excluding diaryl/α,β-unsaturated/α-hetero) is 1. The van der Waals surface area contributed by atoms with Crippen LogP contribution in [0.4, 0.5) is 0 Å². The number of fused-ring (bicyclic) bond motifs is 3. The van der Waals surface area contributed by atoms with Crippen LogP contribution in [0.3, 0.4) is 0 Å². The number of unbranched alkanes of at least 4 members (excludes halogenated alkanes) is 2. The van der Waals surface area contributed by atoms with Crippen LogP contribution in [0.1, 0.15) is 112 Å². The van der Waals surface area contributed by atoms with E-state index in [-0.39, 0.29) is 0 Å². The Hall–Kier alpha value is -0.630. The number of hydrogen-bond acceptors (Lipinski definition) is 2. The Labute approximate surface area is 186 Å². The SMILES string of the molecule is CCCC1C2=CCC3CC(=O)CCC3(C)C2CCC1(C)C(C)C(C)CCCCCO. The van der Waals surface area contributed by atoms with E-state index in [4.69, 9.17) is 5.11 Å². The zero-order valence-electron chi connectivity index (χ0n) is 20.5. The fourth-order valence-corrected chi connectivity index (χ4v) is 7.71. The average Bonchev–Trinajstić information content (AvgIpc) is 2.73. The lowest BCUT2D eigenvalue weighted by molar-refractivity contribution is -0.127. The van der Waals surface area contributed by atoms with Crippen molar-refractivity contribution < 1.29 is 9.90 Å². The van der Waals surface area contributed by atoms with E-state index in [1.54, 1.807) is 5.57 Å². The zero-order chi connectivity index (χ0) is 21.9. The summed E-state index contributed by atoms with van der Waals surface area (Å²) in [4.78, 5) is 12.1. The first-order valence-corrected chi connectivity index (χ1v) is 13.1. The molecule has 1 N–H and O–H groups in total. The molecule has 0 amide bonds. The van der Waals surface area contributed by atoms with Gasteiger partial charge in [0.15, 0.2) is 0 Å². The van der Waals surface area contributed by atoms with Gasteiger partial charge < -0.3 is 5.11 Å². The van der Waals surface area contributed by atoms with Gasteiger partial charge in [0.05, 0.1) is 0 Å². The summed E-state index contributed by atoms with van der Waals surface area (Å²) >= 11 is 0. The second kappa shape index (κ2) is 9.88. The molecule has 0 radical (unpaired) electrons. The normalized spacial score (nSPS) is 38.4. The van der Waals surface area contributed by atoms with E-state index >= 15 is 0 Å². The molecule has 7 atom stereocenters. The van der Waals surface area contributed by atoms with Crippen molar-refractivity contribution in [3.8, 4) is 0 Å². The molecule has 0 aromatic heterocycles. The van der Waals surface area contributed by atoms with Crippen LogP contribution in [-0.4, -0.2) is 17.5 Å². The smallest absolute Gasteiger partial charge is 0.133 e. The predicted molar refractivity (Wildman–Crippen MR) is 126 cm³/mol. The standard InChI is InChI=1S/C28H48O2/c1-6-10-25-24-13-12-22-19-23(30)14-16-28(22,5)26(24)15-17-27(25,4)21(3)20(2)11-8-7-9-18-29/h13,20-22,25-26,29H,6-12,14-19H2,1-5H3. The van der Waals surface area contributed by atoms with Gasteiger partial charge >= 0.3 is 0 Å². The molecule has 172 valence electrons. The lowest BCUT2D eigenvalue weighted by atomic mass is 9.45. The predicted octanol–water partition coefficient (Wildman–Crippen LogP) is 7.35. The highest BCUT2D eigenvalue weighted by atomic mass is 16.2. The van der Waals surface area contributed by atoms with Crippen molar-refractivity contribution in [1.82, 2.24) is 0 Å². The molecule has 7 unspecified atom stereocenters. The van der Waals surface area contributed by atoms with Gasteiger partial charge in [-0.1, -0.05) is 72.0 Å². The van der Waals surface area contributed by atoms with E-state index in [1.807, 2.05) is 0 Å². The fourth-order valence-electron chi connectivity index (χ4n) is 7.71. The fraction of sp³-hybridized carbons (Fsp3) is 0.893. The number of rotatable bonds is 9. The molecule has 2 fully saturated rings. The van der Waals surface area contributed by atoms with Crippen LogP contribution in [0.2, 0.25) is 0 Å². The second-order valence-corrected chi connectivity index (χ2v) is 11.7. The summed E-state index contributed by atoms with van der Waals surface area (Å²) in [6.45, 7) is 12.8. The van der Waals surface area contributed by atoms with Gasteiger partial charge in [0.2, 0.25) is 0 Å². The lowest BCUT2D eigenvalue weighted by Gasteiger charge is -2.59. The number of carbonyl (C=O) groups excluding carboxylic acids is 1. The number of aliphatic hydroxyl groups is 1. The van der Waals surface area contributed by atoms with Crippen molar-refractivity contribution >= 4 is 5.78 Å². The molecule has 3 rings (SSSR count). The van der Waals surface area contributed by atoms with Gasteiger partial charge in [0, 0.05) is 19.4 Å². The maximum Gasteiger partial charge on any atom is 0.133 e. The third-order valence-electron chi connectivity index (χ3n) is 10.1. The Morgan fingerprint density at radius 3 is 2.63 bits per heavy atom. The Bertz CT molecular complexity index is 622. The first-order valence-electron chi connectivity index (χ1n) is 13.1. The van der Waals surface area contributed by atoms with E-state index in [9.17, 15) is 4.79 Å². The number of ketones is 1. The van der Waals surface area contributed by atoms with Gasteiger partial charge in [0.1, 0.15) is 5.78 Å². The molecule has 30 heavy (non-hydrogen) atoms. The highest BCUT2D eigenvalue weighted by Crippen LogP contribution is 2.63. The van der Waals surface area contributed by atoms with Crippen molar-refractivity contribution in [1.29, 1.82) is 0 Å². The van der Waals surface area contributed by atoms with Gasteiger partial charge in [0.25, 0.3) is 0 Å². The van der Waals surface area contributed by atoms with Gasteiger partial charge in [-0.2, -0.15) is 0 Å². The summed E-state index contributed by atoms with van der Waals surface area (Å²) in [5.41, 5.74) is 2.53. The minimum atomic E-state index is 0.334. The number of carbonyl (C=O) groups is 1. The molecule has 2 heteroatoms. The largest absolute Gasteiger partial charge is 0.396 e. The van der Waals surface area contributed by atoms with E-state index in [2.05, 4.69) is 40.7 Å². The third kappa shape index (κ3) is 4.45. The Kier molecular flexibility index (Phi) is 7.91. The van der Waals surface area contributed by atoms with Crippen molar-refractivity contribution in [3.05, 3.63) is 11.6 Å². The van der Waals surface area contributed by atoms with Crippen LogP contribution in [0.15, 0.2) is 11.6 Å². The van der Waals surface area contributed by atoms with E-state index in [0.29, 0.717) is 41.0 Å². The number of aliphatic hydroxyl groups excluding tert-OH is 1. The highest BCUT2D eigenvalue weighted by Gasteiger charge is 2.55. The van der Waals surface area contributed by atoms with Crippen LogP contribution in [0, 0.1) is 40.4 Å². The Morgan fingerprint density at radius 1 is 1.17 bits per heavy atom. The molecule has 0 spiro atoms. The molecule has 0 aromatic carbocycles. The lowest BCUT2D eigenvalue weighted by Crippen LogP contribution is -2.51. The van der Waals surface area contributed by atoms with Crippen molar-refractivity contribution in [2.24, 2.45) is 40.4 Å². The highest BCUT2D eigenvalue weighted by molar-refractivity contribution is 5.79. The van der Waals surface area contributed by atoms with Crippen molar-refractivity contribution in [2.75, 3.05) is 6.61 Å². The first-order chi connectivity index (χ1) is 14.3. The van der Waals surface area contributed by atoms with Crippen molar-refractivity contribution in [3.63, 3.8) is 0 Å². The zero-order valence-corrected chi connectivity index (χ0v) is 20.5. The summed E-state index contributed by atoms with van der Waals surface area (Å²) in [5.74, 6) is 3.98. The first kappa shape index (κ1) is 24.0. The molecule has 2 nitrogen and oxygen atoms in total. The Morgan fingerprint density at radius 2 is 1.93 bits per heavy atom. The summed E-state index contributed by atoms with van der Waals surface area (Å²) in [6.07, 6.45) is 16.4. The third-order valence-corrected chi connectivity index (χ3v) is 10.1. The molecule has 3 aliphatic rings. The maximum atomic E-state index is 12.1. The molecular formula is C28H48O2. The van der Waals surface area contributed by atoms with E-state index < -0.39 is 0 Å². The van der Waals surface area contributed by atoms with Crippen LogP contribution >= 0.6 is 0 Å². The summed E-state index contributed by atoms with van der Waals surface area (Å²) < 4.78 is 0. The van der Waals surface area contributed by atoms with Gasteiger partial charge in [-0.3, -0.25) is 4.79 Å². The summed E-state index contributed by atoms with van der Waals surface area (Å²) in [6, 6.07) is 0. The van der Waals surface area contributed by atoms with Gasteiger partial charge in [-0.25, -0.2) is 0 Å². The van der Waals surface area contributed by atoms with Gasteiger partial charge in [-0.05, 0) is 78.9 Å². The molecule has 0 heterocycles. The molecule has 0 aliphatic heterocycles. The molecule has 0 bridgehead atoms. The average molecular weight is 417 g/mol. The summed E-state index contributed by atoms with van der Waals surface area (Å²) in [7, 11) is 0. The second-order valence-electron chi connectivity index (χ2n) is 11.7. The van der Waals surface area contributed by atoms with Crippen LogP contribution in [0.5, 0.6) is 0 Å². The molecule has 0 aromatic rings. The van der Waals surface area contributed by atoms with Crippen LogP contribution in [-0.2, 0) is 4.79 Å². The quantitative estimate of drug-likeness (QED) is 0.315. The molecular weight excluding hydrogens is 368 g/mol. The number of hydrogen-bond donors (Lipinski definition) is 1. The monoisotopic (exact) mass is 416 g/mol. The van der Waals surface area contributed by atoms with Crippen LogP contribution in [0.25, 0.3) is 0 Å². The van der Waals surface area contributed by atoms with Crippen LogP contribution < -0.4 is 0 Å². The Balaban J connectivity index is 1.80. The van der Waals surface area contributed by atoms with Gasteiger partial charge in [-0.15, -0.1) is 0 Å². The summed E-state index contributed by atoms with van der Waals surface area (Å²) in [5, 5.41) is 9.08.